The molecule has 3 fully saturated rings. The summed E-state index contributed by atoms with van der Waals surface area (Å²) in [6, 6.07) is 0.475. The average molecular weight is 222 g/mol. The van der Waals surface area contributed by atoms with Crippen molar-refractivity contribution in [3.05, 3.63) is 0 Å². The molecule has 2 heteroatoms. The van der Waals surface area contributed by atoms with Gasteiger partial charge in [-0.1, -0.05) is 25.7 Å². The summed E-state index contributed by atoms with van der Waals surface area (Å²) in [5.74, 6) is 0.866. The van der Waals surface area contributed by atoms with Crippen LogP contribution in [-0.4, -0.2) is 30.6 Å². The lowest BCUT2D eigenvalue weighted by Crippen LogP contribution is -2.58. The second-order valence-corrected chi connectivity index (χ2v) is 6.59. The average Bonchev–Trinajstić information content (AvgIpc) is 3.03. The normalized spacial score (nSPS) is 32.1. The molecule has 0 amide bonds. The van der Waals surface area contributed by atoms with E-state index in [0.717, 1.165) is 11.3 Å². The summed E-state index contributed by atoms with van der Waals surface area (Å²) in [5, 5.41) is 0. The van der Waals surface area contributed by atoms with Crippen LogP contribution >= 0.6 is 0 Å². The third-order valence-electron chi connectivity index (χ3n) is 4.98. The topological polar surface area (TPSA) is 29.3 Å². The highest BCUT2D eigenvalue weighted by Gasteiger charge is 2.43. The number of hydrogen-bond donors (Lipinski definition) is 1. The van der Waals surface area contributed by atoms with Crippen LogP contribution in [0.15, 0.2) is 0 Å². The molecule has 2 saturated carbocycles. The van der Waals surface area contributed by atoms with Crippen LogP contribution in [0.25, 0.3) is 0 Å². The monoisotopic (exact) mass is 222 g/mol. The molecule has 0 aromatic heterocycles. The Morgan fingerprint density at radius 3 is 2.25 bits per heavy atom. The summed E-state index contributed by atoms with van der Waals surface area (Å²) in [7, 11) is 0. The molecule has 1 atom stereocenters. The molecular formula is C14H26N2. The summed E-state index contributed by atoms with van der Waals surface area (Å²) in [4.78, 5) is 2.62. The standard InChI is InChI=1S/C14H26N2/c15-13(12-5-6-12)9-16-10-14(11-16)7-3-1-2-4-8-14/h12-13H,1-11,15H2. The molecule has 0 radical (unpaired) electrons. The molecule has 1 heterocycles. The van der Waals surface area contributed by atoms with Gasteiger partial charge in [-0.3, -0.25) is 0 Å². The number of likely N-dealkylation sites (tertiary alicyclic amines) is 1. The fraction of sp³-hybridized carbons (Fsp3) is 1.00. The summed E-state index contributed by atoms with van der Waals surface area (Å²) >= 11 is 0. The zero-order valence-corrected chi connectivity index (χ0v) is 10.5. The third-order valence-corrected chi connectivity index (χ3v) is 4.98. The zero-order valence-electron chi connectivity index (χ0n) is 10.5. The molecule has 0 aromatic carbocycles. The van der Waals surface area contributed by atoms with Gasteiger partial charge in [0, 0.05) is 25.7 Å². The van der Waals surface area contributed by atoms with E-state index in [1.807, 2.05) is 0 Å². The van der Waals surface area contributed by atoms with E-state index >= 15 is 0 Å². The Bertz CT molecular complexity index is 231. The van der Waals surface area contributed by atoms with Gasteiger partial charge in [0.15, 0.2) is 0 Å². The van der Waals surface area contributed by atoms with E-state index in [4.69, 9.17) is 5.73 Å². The Labute approximate surface area is 99.6 Å². The van der Waals surface area contributed by atoms with Gasteiger partial charge >= 0.3 is 0 Å². The quantitative estimate of drug-likeness (QED) is 0.794. The largest absolute Gasteiger partial charge is 0.326 e. The molecule has 1 saturated heterocycles. The molecule has 0 bridgehead atoms. The Hall–Kier alpha value is -0.0800. The highest BCUT2D eigenvalue weighted by atomic mass is 15.2. The summed E-state index contributed by atoms with van der Waals surface area (Å²) in [6.45, 7) is 3.88. The second-order valence-electron chi connectivity index (χ2n) is 6.59. The molecule has 1 spiro atoms. The van der Waals surface area contributed by atoms with Crippen molar-refractivity contribution in [1.29, 1.82) is 0 Å². The van der Waals surface area contributed by atoms with Crippen LogP contribution in [0.4, 0.5) is 0 Å². The molecule has 1 aliphatic heterocycles. The van der Waals surface area contributed by atoms with Crippen molar-refractivity contribution in [3.8, 4) is 0 Å². The van der Waals surface area contributed by atoms with Crippen LogP contribution in [-0.2, 0) is 0 Å². The van der Waals surface area contributed by atoms with E-state index in [0.29, 0.717) is 6.04 Å². The van der Waals surface area contributed by atoms with E-state index < -0.39 is 0 Å². The van der Waals surface area contributed by atoms with Crippen molar-refractivity contribution in [1.82, 2.24) is 4.90 Å². The Balaban J connectivity index is 1.45. The third kappa shape index (κ3) is 2.28. The highest BCUT2D eigenvalue weighted by molar-refractivity contribution is 4.98. The first-order valence-corrected chi connectivity index (χ1v) is 7.25. The van der Waals surface area contributed by atoms with Crippen molar-refractivity contribution in [3.63, 3.8) is 0 Å². The maximum Gasteiger partial charge on any atom is 0.0196 e. The molecule has 3 rings (SSSR count). The molecule has 2 N–H and O–H groups in total. The van der Waals surface area contributed by atoms with Crippen molar-refractivity contribution in [2.75, 3.05) is 19.6 Å². The fourth-order valence-electron chi connectivity index (χ4n) is 3.80. The van der Waals surface area contributed by atoms with E-state index in [2.05, 4.69) is 4.90 Å². The minimum atomic E-state index is 0.475. The van der Waals surface area contributed by atoms with Gasteiger partial charge in [-0.2, -0.15) is 0 Å². The van der Waals surface area contributed by atoms with E-state index in [1.165, 1.54) is 71.0 Å². The Morgan fingerprint density at radius 1 is 1.06 bits per heavy atom. The molecule has 16 heavy (non-hydrogen) atoms. The first-order valence-electron chi connectivity index (χ1n) is 7.25. The lowest BCUT2D eigenvalue weighted by Gasteiger charge is -2.51. The van der Waals surface area contributed by atoms with Crippen molar-refractivity contribution in [2.45, 2.75) is 57.4 Å². The van der Waals surface area contributed by atoms with Crippen LogP contribution in [0.1, 0.15) is 51.4 Å². The molecule has 3 aliphatic rings. The second kappa shape index (κ2) is 4.30. The number of nitrogens with two attached hydrogens (primary N) is 1. The fourth-order valence-corrected chi connectivity index (χ4v) is 3.80. The Morgan fingerprint density at radius 2 is 1.69 bits per heavy atom. The predicted octanol–water partition coefficient (Wildman–Crippen LogP) is 2.38. The van der Waals surface area contributed by atoms with Crippen LogP contribution in [0.2, 0.25) is 0 Å². The lowest BCUT2D eigenvalue weighted by atomic mass is 9.73. The van der Waals surface area contributed by atoms with Crippen LogP contribution in [0.3, 0.4) is 0 Å². The summed E-state index contributed by atoms with van der Waals surface area (Å²) in [5.41, 5.74) is 6.92. The van der Waals surface area contributed by atoms with Gasteiger partial charge in [-0.25, -0.2) is 0 Å². The zero-order chi connectivity index (χ0) is 11.0. The maximum absolute atomic E-state index is 6.20. The highest BCUT2D eigenvalue weighted by Crippen LogP contribution is 2.43. The lowest BCUT2D eigenvalue weighted by molar-refractivity contribution is -0.0161. The van der Waals surface area contributed by atoms with Gasteiger partial charge in [0.2, 0.25) is 0 Å². The number of hydrogen-bond acceptors (Lipinski definition) is 2. The summed E-state index contributed by atoms with van der Waals surface area (Å²) in [6.07, 6.45) is 11.7. The minimum Gasteiger partial charge on any atom is -0.326 e. The van der Waals surface area contributed by atoms with E-state index in [9.17, 15) is 0 Å². The van der Waals surface area contributed by atoms with Gasteiger partial charge in [-0.15, -0.1) is 0 Å². The van der Waals surface area contributed by atoms with Crippen LogP contribution in [0.5, 0.6) is 0 Å². The van der Waals surface area contributed by atoms with Crippen molar-refractivity contribution < 1.29 is 0 Å². The summed E-state index contributed by atoms with van der Waals surface area (Å²) < 4.78 is 0. The van der Waals surface area contributed by atoms with E-state index in [-0.39, 0.29) is 0 Å². The van der Waals surface area contributed by atoms with E-state index in [1.54, 1.807) is 0 Å². The van der Waals surface area contributed by atoms with Gasteiger partial charge < -0.3 is 10.6 Å². The van der Waals surface area contributed by atoms with Gasteiger partial charge in [0.25, 0.3) is 0 Å². The van der Waals surface area contributed by atoms with Gasteiger partial charge in [-0.05, 0) is 37.0 Å². The smallest absolute Gasteiger partial charge is 0.0196 e. The molecule has 1 unspecified atom stereocenters. The molecule has 2 nitrogen and oxygen atoms in total. The SMILES string of the molecule is NC(CN1CC2(CCCCCC2)C1)C1CC1. The minimum absolute atomic E-state index is 0.475. The molecule has 2 aliphatic carbocycles. The number of nitrogens with zero attached hydrogens (tertiary/aromatic N) is 1. The first kappa shape index (κ1) is 11.0. The maximum atomic E-state index is 6.20. The van der Waals surface area contributed by atoms with Crippen LogP contribution in [0, 0.1) is 11.3 Å². The number of rotatable bonds is 3. The molecule has 92 valence electrons. The van der Waals surface area contributed by atoms with Crippen LogP contribution < -0.4 is 5.73 Å². The Kier molecular flexibility index (Phi) is 2.97. The van der Waals surface area contributed by atoms with Crippen molar-refractivity contribution >= 4 is 0 Å². The first-order chi connectivity index (χ1) is 7.77. The van der Waals surface area contributed by atoms with Gasteiger partial charge in [0.05, 0.1) is 0 Å². The molecular weight excluding hydrogens is 196 g/mol. The van der Waals surface area contributed by atoms with Gasteiger partial charge in [0.1, 0.15) is 0 Å². The van der Waals surface area contributed by atoms with Crippen molar-refractivity contribution in [2.24, 2.45) is 17.1 Å². The predicted molar refractivity (Wildman–Crippen MR) is 67.3 cm³/mol. The molecule has 0 aromatic rings.